The predicted octanol–water partition coefficient (Wildman–Crippen LogP) is 4.43. The molecule has 0 fully saturated rings. The van der Waals surface area contributed by atoms with Crippen molar-refractivity contribution in [2.75, 3.05) is 0 Å². The third-order valence-corrected chi connectivity index (χ3v) is 2.62. The quantitative estimate of drug-likeness (QED) is 0.609. The van der Waals surface area contributed by atoms with Gasteiger partial charge in [-0.1, -0.05) is 49.6 Å². The van der Waals surface area contributed by atoms with Gasteiger partial charge in [0.1, 0.15) is 0 Å². The third-order valence-electron chi connectivity index (χ3n) is 2.62. The molecule has 0 aliphatic heterocycles. The second kappa shape index (κ2) is 5.92. The second-order valence-electron chi connectivity index (χ2n) is 3.60. The molecule has 0 heterocycles. The van der Waals surface area contributed by atoms with E-state index < -0.39 is 0 Å². The Morgan fingerprint density at radius 2 is 1.56 bits per heavy atom. The molecule has 0 heteroatoms. The van der Waals surface area contributed by atoms with Crippen LogP contribution in [0.4, 0.5) is 0 Å². The average Bonchev–Trinajstić information content (AvgIpc) is 2.31. The lowest BCUT2D eigenvalue weighted by Crippen LogP contribution is -1.97. The molecule has 0 aromatic heterocycles. The lowest BCUT2D eigenvalue weighted by atomic mass is 9.92. The smallest absolute Gasteiger partial charge is 0.00911 e. The van der Waals surface area contributed by atoms with Crippen LogP contribution in [0.1, 0.15) is 22.3 Å². The standard InChI is InChI=1S/C16H18/c1-5-9-14-12-11-13(7-3)15(8-4)16(14)10-6-2/h5-8,11-12H,1-4,9-10H2. The zero-order chi connectivity index (χ0) is 12.0. The van der Waals surface area contributed by atoms with Gasteiger partial charge in [0.2, 0.25) is 0 Å². The molecule has 0 amide bonds. The normalized spacial score (nSPS) is 9.50. The summed E-state index contributed by atoms with van der Waals surface area (Å²) in [7, 11) is 0. The van der Waals surface area contributed by atoms with Gasteiger partial charge < -0.3 is 0 Å². The Morgan fingerprint density at radius 1 is 0.875 bits per heavy atom. The van der Waals surface area contributed by atoms with Gasteiger partial charge in [-0.3, -0.25) is 0 Å². The largest absolute Gasteiger partial charge is 0.103 e. The van der Waals surface area contributed by atoms with Gasteiger partial charge in [-0.15, -0.1) is 13.2 Å². The Kier molecular flexibility index (Phi) is 4.53. The first-order chi connectivity index (χ1) is 7.78. The fraction of sp³-hybridized carbons (Fsp3) is 0.125. The molecule has 0 saturated heterocycles. The van der Waals surface area contributed by atoms with E-state index in [0.717, 1.165) is 24.0 Å². The molecule has 1 aromatic carbocycles. The Morgan fingerprint density at radius 3 is 2.06 bits per heavy atom. The average molecular weight is 210 g/mol. The van der Waals surface area contributed by atoms with Crippen molar-refractivity contribution >= 4 is 12.2 Å². The van der Waals surface area contributed by atoms with Crippen LogP contribution in [0.2, 0.25) is 0 Å². The molecule has 0 saturated carbocycles. The molecule has 0 unspecified atom stereocenters. The van der Waals surface area contributed by atoms with E-state index in [0.29, 0.717) is 0 Å². The molecule has 16 heavy (non-hydrogen) atoms. The molecule has 0 bridgehead atoms. The number of hydrogen-bond acceptors (Lipinski definition) is 0. The lowest BCUT2D eigenvalue weighted by molar-refractivity contribution is 1.14. The van der Waals surface area contributed by atoms with E-state index in [1.54, 1.807) is 0 Å². The summed E-state index contributed by atoms with van der Waals surface area (Å²) in [6.07, 6.45) is 9.32. The summed E-state index contributed by atoms with van der Waals surface area (Å²) in [4.78, 5) is 0. The van der Waals surface area contributed by atoms with E-state index >= 15 is 0 Å². The van der Waals surface area contributed by atoms with Gasteiger partial charge in [0.25, 0.3) is 0 Å². The highest BCUT2D eigenvalue weighted by Crippen LogP contribution is 2.23. The first kappa shape index (κ1) is 12.3. The van der Waals surface area contributed by atoms with Gasteiger partial charge >= 0.3 is 0 Å². The summed E-state index contributed by atoms with van der Waals surface area (Å²) < 4.78 is 0. The van der Waals surface area contributed by atoms with Crippen LogP contribution in [0.25, 0.3) is 12.2 Å². The molecule has 0 atom stereocenters. The minimum Gasteiger partial charge on any atom is -0.103 e. The zero-order valence-corrected chi connectivity index (χ0v) is 9.71. The van der Waals surface area contributed by atoms with Gasteiger partial charge in [0, 0.05) is 0 Å². The van der Waals surface area contributed by atoms with Crippen LogP contribution in [0.15, 0.2) is 50.6 Å². The van der Waals surface area contributed by atoms with Gasteiger partial charge in [-0.2, -0.15) is 0 Å². The first-order valence-electron chi connectivity index (χ1n) is 5.39. The summed E-state index contributed by atoms with van der Waals surface area (Å²) in [5.74, 6) is 0. The molecule has 0 nitrogen and oxygen atoms in total. The Bertz CT molecular complexity index is 422. The van der Waals surface area contributed by atoms with Crippen LogP contribution in [-0.4, -0.2) is 0 Å². The predicted molar refractivity (Wildman–Crippen MR) is 74.4 cm³/mol. The van der Waals surface area contributed by atoms with Crippen LogP contribution in [0, 0.1) is 0 Å². The third kappa shape index (κ3) is 2.40. The fourth-order valence-electron chi connectivity index (χ4n) is 1.88. The van der Waals surface area contributed by atoms with Gasteiger partial charge in [0.05, 0.1) is 0 Å². The van der Waals surface area contributed by atoms with Crippen molar-refractivity contribution in [3.63, 3.8) is 0 Å². The first-order valence-corrected chi connectivity index (χ1v) is 5.39. The molecule has 0 aliphatic carbocycles. The summed E-state index contributed by atoms with van der Waals surface area (Å²) in [5.41, 5.74) is 4.85. The maximum Gasteiger partial charge on any atom is -0.00911 e. The van der Waals surface area contributed by atoms with Crippen LogP contribution < -0.4 is 0 Å². The van der Waals surface area contributed by atoms with Crippen molar-refractivity contribution in [2.24, 2.45) is 0 Å². The van der Waals surface area contributed by atoms with Crippen molar-refractivity contribution in [3.8, 4) is 0 Å². The van der Waals surface area contributed by atoms with Crippen molar-refractivity contribution in [1.82, 2.24) is 0 Å². The SMILES string of the molecule is C=CCc1ccc(C=C)c(C=C)c1CC=C. The molecule has 82 valence electrons. The number of benzene rings is 1. The Balaban J connectivity index is 3.41. The van der Waals surface area contributed by atoms with Crippen molar-refractivity contribution < 1.29 is 0 Å². The summed E-state index contributed by atoms with van der Waals surface area (Å²) in [6, 6.07) is 4.21. The topological polar surface area (TPSA) is 0 Å². The van der Waals surface area contributed by atoms with Gasteiger partial charge in [-0.05, 0) is 35.1 Å². The van der Waals surface area contributed by atoms with Crippen LogP contribution >= 0.6 is 0 Å². The van der Waals surface area contributed by atoms with Crippen LogP contribution in [-0.2, 0) is 12.8 Å². The van der Waals surface area contributed by atoms with Crippen LogP contribution in [0.3, 0.4) is 0 Å². The summed E-state index contributed by atoms with van der Waals surface area (Å²) in [5, 5.41) is 0. The van der Waals surface area contributed by atoms with E-state index in [9.17, 15) is 0 Å². The molecule has 0 spiro atoms. The van der Waals surface area contributed by atoms with Crippen LogP contribution in [0.5, 0.6) is 0 Å². The zero-order valence-electron chi connectivity index (χ0n) is 9.71. The van der Waals surface area contributed by atoms with E-state index in [-0.39, 0.29) is 0 Å². The highest BCUT2D eigenvalue weighted by atomic mass is 14.1. The molecule has 0 radical (unpaired) electrons. The van der Waals surface area contributed by atoms with Crippen molar-refractivity contribution in [2.45, 2.75) is 12.8 Å². The number of hydrogen-bond donors (Lipinski definition) is 0. The summed E-state index contributed by atoms with van der Waals surface area (Å²) in [6.45, 7) is 15.3. The highest BCUT2D eigenvalue weighted by molar-refractivity contribution is 5.68. The molecule has 1 aromatic rings. The second-order valence-corrected chi connectivity index (χ2v) is 3.60. The van der Waals surface area contributed by atoms with Gasteiger partial charge in [0.15, 0.2) is 0 Å². The monoisotopic (exact) mass is 210 g/mol. The Hall–Kier alpha value is -1.82. The lowest BCUT2D eigenvalue weighted by Gasteiger charge is -2.13. The molecule has 1 rings (SSSR count). The minimum atomic E-state index is 0.853. The van der Waals surface area contributed by atoms with E-state index in [2.05, 4.69) is 38.4 Å². The maximum atomic E-state index is 3.88. The Labute approximate surface area is 98.3 Å². The van der Waals surface area contributed by atoms with Crippen molar-refractivity contribution in [1.29, 1.82) is 0 Å². The molecule has 0 aliphatic rings. The summed E-state index contributed by atoms with van der Waals surface area (Å²) >= 11 is 0. The fourth-order valence-corrected chi connectivity index (χ4v) is 1.88. The molecular weight excluding hydrogens is 192 g/mol. The van der Waals surface area contributed by atoms with Gasteiger partial charge in [-0.25, -0.2) is 0 Å². The van der Waals surface area contributed by atoms with E-state index in [1.807, 2.05) is 24.3 Å². The highest BCUT2D eigenvalue weighted by Gasteiger charge is 2.07. The number of allylic oxidation sites excluding steroid dienone is 2. The van der Waals surface area contributed by atoms with E-state index in [4.69, 9.17) is 0 Å². The minimum absolute atomic E-state index is 0.853. The molecule has 0 N–H and O–H groups in total. The van der Waals surface area contributed by atoms with E-state index in [1.165, 1.54) is 11.1 Å². The maximum absolute atomic E-state index is 3.88. The molecular formula is C16H18. The van der Waals surface area contributed by atoms with Crippen molar-refractivity contribution in [3.05, 3.63) is 72.9 Å². The number of rotatable bonds is 6.